The van der Waals surface area contributed by atoms with E-state index in [-0.39, 0.29) is 0 Å². The number of nitrogen functional groups attached to an aromatic ring is 1. The summed E-state index contributed by atoms with van der Waals surface area (Å²) in [6.45, 7) is 2.00. The third-order valence-electron chi connectivity index (χ3n) is 3.04. The minimum Gasteiger partial charge on any atom is -0.382 e. The smallest absolute Gasteiger partial charge is 0.145 e. The van der Waals surface area contributed by atoms with Crippen molar-refractivity contribution in [1.82, 2.24) is 14.7 Å². The van der Waals surface area contributed by atoms with E-state index < -0.39 is 0 Å². The molecule has 2 N–H and O–H groups in total. The molecule has 2 rings (SSSR count). The molecular weight excluding hydrogens is 176 g/mol. The first-order valence-corrected chi connectivity index (χ1v) is 5.25. The van der Waals surface area contributed by atoms with E-state index in [0.29, 0.717) is 5.82 Å². The predicted molar refractivity (Wildman–Crippen MR) is 56.9 cm³/mol. The highest BCUT2D eigenvalue weighted by Gasteiger charge is 2.21. The third kappa shape index (κ3) is 2.07. The zero-order chi connectivity index (χ0) is 9.97. The number of likely N-dealkylation sites (N-methyl/N-ethyl adjacent to an activating group) is 1. The zero-order valence-corrected chi connectivity index (χ0v) is 8.69. The Labute approximate surface area is 84.7 Å². The van der Waals surface area contributed by atoms with Crippen molar-refractivity contribution < 1.29 is 0 Å². The van der Waals surface area contributed by atoms with E-state index in [1.807, 2.05) is 16.9 Å². The number of anilines is 1. The lowest BCUT2D eigenvalue weighted by Crippen LogP contribution is -2.38. The maximum Gasteiger partial charge on any atom is 0.145 e. The van der Waals surface area contributed by atoms with Crippen molar-refractivity contribution in [2.24, 2.45) is 0 Å². The second-order valence-corrected chi connectivity index (χ2v) is 4.07. The molecule has 4 heteroatoms. The molecule has 14 heavy (non-hydrogen) atoms. The predicted octanol–water partition coefficient (Wildman–Crippen LogP) is 0.950. The highest BCUT2D eigenvalue weighted by molar-refractivity contribution is 5.23. The molecule has 1 aromatic rings. The van der Waals surface area contributed by atoms with Crippen LogP contribution in [0.5, 0.6) is 0 Å². The van der Waals surface area contributed by atoms with E-state index >= 15 is 0 Å². The lowest BCUT2D eigenvalue weighted by molar-refractivity contribution is 0.153. The summed E-state index contributed by atoms with van der Waals surface area (Å²) in [7, 11) is 2.19. The molecule has 0 unspecified atom stereocenters. The first-order chi connectivity index (χ1) is 6.75. The average Bonchev–Trinajstić information content (AvgIpc) is 2.45. The van der Waals surface area contributed by atoms with Crippen molar-refractivity contribution in [3.63, 3.8) is 0 Å². The third-order valence-corrected chi connectivity index (χ3v) is 3.04. The van der Waals surface area contributed by atoms with Gasteiger partial charge in [0.1, 0.15) is 5.82 Å². The van der Waals surface area contributed by atoms with Crippen LogP contribution >= 0.6 is 0 Å². The molecule has 1 fully saturated rings. The van der Waals surface area contributed by atoms with E-state index in [1.54, 1.807) is 0 Å². The fraction of sp³-hybridized carbons (Fsp3) is 0.700. The minimum atomic E-state index is 0.608. The first kappa shape index (κ1) is 9.52. The monoisotopic (exact) mass is 194 g/mol. The Morgan fingerprint density at radius 2 is 2.43 bits per heavy atom. The van der Waals surface area contributed by atoms with Crippen LogP contribution in [0, 0.1) is 0 Å². The molecule has 0 radical (unpaired) electrons. The van der Waals surface area contributed by atoms with Gasteiger partial charge < -0.3 is 10.6 Å². The van der Waals surface area contributed by atoms with Crippen LogP contribution in [0.1, 0.15) is 19.3 Å². The lowest BCUT2D eigenvalue weighted by atomic mass is 9.92. The summed E-state index contributed by atoms with van der Waals surface area (Å²) in [6, 6.07) is 2.64. The van der Waals surface area contributed by atoms with Crippen LogP contribution < -0.4 is 5.73 Å². The second kappa shape index (κ2) is 4.00. The van der Waals surface area contributed by atoms with Crippen molar-refractivity contribution in [2.45, 2.75) is 31.8 Å². The molecule has 0 bridgehead atoms. The Hall–Kier alpha value is -1.03. The number of rotatable bonds is 4. The molecule has 1 saturated carbocycles. The van der Waals surface area contributed by atoms with Gasteiger partial charge in [0.2, 0.25) is 0 Å². The quantitative estimate of drug-likeness (QED) is 0.776. The average molecular weight is 194 g/mol. The second-order valence-electron chi connectivity index (χ2n) is 4.07. The largest absolute Gasteiger partial charge is 0.382 e. The normalized spacial score (nSPS) is 17.3. The van der Waals surface area contributed by atoms with Crippen LogP contribution in [0.4, 0.5) is 5.82 Å². The van der Waals surface area contributed by atoms with Crippen molar-refractivity contribution in [1.29, 1.82) is 0 Å². The molecule has 0 aliphatic heterocycles. The SMILES string of the molecule is CN(CCn1ccc(N)n1)C1CCC1. The summed E-state index contributed by atoms with van der Waals surface area (Å²) in [5, 5.41) is 4.15. The summed E-state index contributed by atoms with van der Waals surface area (Å²) < 4.78 is 1.91. The molecule has 0 amide bonds. The topological polar surface area (TPSA) is 47.1 Å². The summed E-state index contributed by atoms with van der Waals surface area (Å²) in [5.74, 6) is 0.608. The highest BCUT2D eigenvalue weighted by atomic mass is 15.3. The summed E-state index contributed by atoms with van der Waals surface area (Å²) in [6.07, 6.45) is 6.04. The Bertz CT molecular complexity index is 290. The van der Waals surface area contributed by atoms with Gasteiger partial charge in [0.15, 0.2) is 0 Å². The van der Waals surface area contributed by atoms with Crippen molar-refractivity contribution >= 4 is 5.82 Å². The maximum atomic E-state index is 5.54. The first-order valence-electron chi connectivity index (χ1n) is 5.25. The van der Waals surface area contributed by atoms with Gasteiger partial charge >= 0.3 is 0 Å². The standard InChI is InChI=1S/C10H18N4/c1-13(9-3-2-4-9)7-8-14-6-5-10(11)12-14/h5-6,9H,2-4,7-8H2,1H3,(H2,11,12). The molecule has 4 nitrogen and oxygen atoms in total. The van der Waals surface area contributed by atoms with Crippen molar-refractivity contribution in [2.75, 3.05) is 19.3 Å². The van der Waals surface area contributed by atoms with Crippen molar-refractivity contribution in [3.05, 3.63) is 12.3 Å². The number of aromatic nitrogens is 2. The zero-order valence-electron chi connectivity index (χ0n) is 8.69. The van der Waals surface area contributed by atoms with E-state index in [2.05, 4.69) is 17.0 Å². The Morgan fingerprint density at radius 1 is 1.64 bits per heavy atom. The van der Waals surface area contributed by atoms with Crippen LogP contribution in [0.2, 0.25) is 0 Å². The lowest BCUT2D eigenvalue weighted by Gasteiger charge is -2.34. The number of nitrogens with two attached hydrogens (primary N) is 1. The Balaban J connectivity index is 1.76. The van der Waals surface area contributed by atoms with Gasteiger partial charge in [-0.15, -0.1) is 0 Å². The van der Waals surface area contributed by atoms with Gasteiger partial charge in [-0.25, -0.2) is 0 Å². The van der Waals surface area contributed by atoms with Crippen LogP contribution in [0.3, 0.4) is 0 Å². The van der Waals surface area contributed by atoms with E-state index in [9.17, 15) is 0 Å². The minimum absolute atomic E-state index is 0.608. The van der Waals surface area contributed by atoms with Gasteiger partial charge in [0.25, 0.3) is 0 Å². The van der Waals surface area contributed by atoms with Gasteiger partial charge in [0, 0.05) is 18.8 Å². The van der Waals surface area contributed by atoms with Crippen LogP contribution in [-0.2, 0) is 6.54 Å². The summed E-state index contributed by atoms with van der Waals surface area (Å²) >= 11 is 0. The van der Waals surface area contributed by atoms with Gasteiger partial charge in [-0.1, -0.05) is 6.42 Å². The molecule has 1 aliphatic rings. The van der Waals surface area contributed by atoms with Crippen LogP contribution in [0.25, 0.3) is 0 Å². The van der Waals surface area contributed by atoms with E-state index in [0.717, 1.165) is 19.1 Å². The highest BCUT2D eigenvalue weighted by Crippen LogP contribution is 2.23. The van der Waals surface area contributed by atoms with Gasteiger partial charge in [-0.05, 0) is 26.0 Å². The molecule has 0 aromatic carbocycles. The fourth-order valence-electron chi connectivity index (χ4n) is 1.77. The Morgan fingerprint density at radius 3 is 2.93 bits per heavy atom. The van der Waals surface area contributed by atoms with E-state index in [4.69, 9.17) is 5.73 Å². The molecule has 78 valence electrons. The van der Waals surface area contributed by atoms with Gasteiger partial charge in [0.05, 0.1) is 6.54 Å². The number of hydrogen-bond acceptors (Lipinski definition) is 3. The molecule has 1 aliphatic carbocycles. The summed E-state index contributed by atoms with van der Waals surface area (Å²) in [5.41, 5.74) is 5.54. The van der Waals surface area contributed by atoms with Crippen LogP contribution in [0.15, 0.2) is 12.3 Å². The molecule has 1 heterocycles. The van der Waals surface area contributed by atoms with Crippen molar-refractivity contribution in [3.8, 4) is 0 Å². The molecule has 0 spiro atoms. The van der Waals surface area contributed by atoms with E-state index in [1.165, 1.54) is 19.3 Å². The molecule has 0 saturated heterocycles. The Kier molecular flexibility index (Phi) is 2.72. The summed E-state index contributed by atoms with van der Waals surface area (Å²) in [4.78, 5) is 2.42. The maximum absolute atomic E-state index is 5.54. The number of hydrogen-bond donors (Lipinski definition) is 1. The number of nitrogens with zero attached hydrogens (tertiary/aromatic N) is 3. The van der Waals surface area contributed by atoms with Gasteiger partial charge in [-0.2, -0.15) is 5.10 Å². The fourth-order valence-corrected chi connectivity index (χ4v) is 1.77. The van der Waals surface area contributed by atoms with Crippen LogP contribution in [-0.4, -0.2) is 34.3 Å². The van der Waals surface area contributed by atoms with Gasteiger partial charge in [-0.3, -0.25) is 4.68 Å². The molecule has 0 atom stereocenters. The molecular formula is C10H18N4. The molecule has 1 aromatic heterocycles.